The molecule has 0 spiro atoms. The van der Waals surface area contributed by atoms with E-state index in [1.54, 1.807) is 12.1 Å². The van der Waals surface area contributed by atoms with Crippen molar-refractivity contribution in [1.29, 1.82) is 0 Å². The van der Waals surface area contributed by atoms with E-state index in [1.165, 1.54) is 4.90 Å². The van der Waals surface area contributed by atoms with Crippen LogP contribution in [-0.4, -0.2) is 33.3 Å². The summed E-state index contributed by atoms with van der Waals surface area (Å²) < 4.78 is 0. The Morgan fingerprint density at radius 3 is 2.50 bits per heavy atom. The minimum atomic E-state index is -0.992. The van der Waals surface area contributed by atoms with Crippen LogP contribution in [0.3, 0.4) is 0 Å². The van der Waals surface area contributed by atoms with Gasteiger partial charge in [0.2, 0.25) is 5.91 Å². The van der Waals surface area contributed by atoms with E-state index in [1.807, 2.05) is 19.1 Å². The molecule has 1 aliphatic rings. The topological polar surface area (TPSA) is 57.6 Å². The number of carbonyl (C=O) groups excluding carboxylic acids is 1. The molecule has 2 rings (SSSR count). The van der Waals surface area contributed by atoms with Crippen LogP contribution in [0, 0.1) is 6.92 Å². The molecule has 5 heteroatoms. The number of aliphatic carboxylic acids is 1. The number of aryl methyl sites for hydroxylation is 1. The van der Waals surface area contributed by atoms with E-state index in [4.69, 9.17) is 0 Å². The SMILES string of the molecule is Cc1ccc(C(C(=O)O)N2CC(Br)CC2=O)cc1. The van der Waals surface area contributed by atoms with Gasteiger partial charge in [-0.25, -0.2) is 4.79 Å². The Hall–Kier alpha value is -1.36. The molecule has 18 heavy (non-hydrogen) atoms. The van der Waals surface area contributed by atoms with Gasteiger partial charge < -0.3 is 10.0 Å². The second-order valence-corrected chi connectivity index (χ2v) is 5.79. The molecule has 4 nitrogen and oxygen atoms in total. The van der Waals surface area contributed by atoms with Gasteiger partial charge in [-0.05, 0) is 12.5 Å². The second-order valence-electron chi connectivity index (χ2n) is 4.50. The molecule has 96 valence electrons. The molecule has 0 aliphatic carbocycles. The smallest absolute Gasteiger partial charge is 0.331 e. The van der Waals surface area contributed by atoms with E-state index < -0.39 is 12.0 Å². The third-order valence-corrected chi connectivity index (χ3v) is 3.66. The fourth-order valence-corrected chi connectivity index (χ4v) is 2.73. The summed E-state index contributed by atoms with van der Waals surface area (Å²) in [4.78, 5) is 24.7. The minimum absolute atomic E-state index is 0.0392. The zero-order valence-electron chi connectivity index (χ0n) is 9.97. The van der Waals surface area contributed by atoms with Crippen LogP contribution < -0.4 is 0 Å². The van der Waals surface area contributed by atoms with Crippen LogP contribution in [0.15, 0.2) is 24.3 Å². The number of rotatable bonds is 3. The highest BCUT2D eigenvalue weighted by Gasteiger charge is 2.37. The number of hydrogen-bond donors (Lipinski definition) is 1. The predicted molar refractivity (Wildman–Crippen MR) is 70.6 cm³/mol. The van der Waals surface area contributed by atoms with Gasteiger partial charge in [-0.3, -0.25) is 4.79 Å². The molecule has 0 saturated carbocycles. The lowest BCUT2D eigenvalue weighted by atomic mass is 10.0. The molecule has 1 saturated heterocycles. The molecule has 1 aliphatic heterocycles. The molecule has 0 bridgehead atoms. The van der Waals surface area contributed by atoms with Crippen LogP contribution in [-0.2, 0) is 9.59 Å². The van der Waals surface area contributed by atoms with Crippen molar-refractivity contribution in [2.24, 2.45) is 0 Å². The molecule has 2 unspecified atom stereocenters. The number of carboxylic acid groups (broad SMARTS) is 1. The van der Waals surface area contributed by atoms with E-state index in [0.717, 1.165) is 5.56 Å². The summed E-state index contributed by atoms with van der Waals surface area (Å²) in [7, 11) is 0. The molecule has 0 aromatic heterocycles. The molecular weight excluding hydrogens is 298 g/mol. The number of carboxylic acids is 1. The van der Waals surface area contributed by atoms with Gasteiger partial charge in [0.1, 0.15) is 0 Å². The van der Waals surface area contributed by atoms with Crippen molar-refractivity contribution in [1.82, 2.24) is 4.90 Å². The fraction of sp³-hybridized carbons (Fsp3) is 0.385. The van der Waals surface area contributed by atoms with Crippen LogP contribution >= 0.6 is 15.9 Å². The summed E-state index contributed by atoms with van der Waals surface area (Å²) in [6.07, 6.45) is 0.357. The zero-order valence-corrected chi connectivity index (χ0v) is 11.6. The van der Waals surface area contributed by atoms with Gasteiger partial charge in [0, 0.05) is 17.8 Å². The molecule has 1 heterocycles. The lowest BCUT2D eigenvalue weighted by Crippen LogP contribution is -2.35. The molecule has 2 atom stereocenters. The van der Waals surface area contributed by atoms with Gasteiger partial charge in [0.15, 0.2) is 6.04 Å². The molecular formula is C13H14BrNO3. The fourth-order valence-electron chi connectivity index (χ4n) is 2.14. The van der Waals surface area contributed by atoms with Crippen molar-refractivity contribution < 1.29 is 14.7 Å². The highest BCUT2D eigenvalue weighted by atomic mass is 79.9. The number of benzene rings is 1. The molecule has 0 radical (unpaired) electrons. The van der Waals surface area contributed by atoms with Crippen molar-refractivity contribution in [3.05, 3.63) is 35.4 Å². The van der Waals surface area contributed by atoms with Crippen molar-refractivity contribution in [3.63, 3.8) is 0 Å². The van der Waals surface area contributed by atoms with Gasteiger partial charge in [0.05, 0.1) is 0 Å². The number of carbonyl (C=O) groups is 2. The average molecular weight is 312 g/mol. The third kappa shape index (κ3) is 2.56. The van der Waals surface area contributed by atoms with Crippen molar-refractivity contribution in [2.45, 2.75) is 24.2 Å². The van der Waals surface area contributed by atoms with Crippen LogP contribution in [0.2, 0.25) is 0 Å². The van der Waals surface area contributed by atoms with Crippen molar-refractivity contribution >= 4 is 27.8 Å². The second kappa shape index (κ2) is 5.10. The maximum Gasteiger partial charge on any atom is 0.331 e. The van der Waals surface area contributed by atoms with Gasteiger partial charge in [-0.1, -0.05) is 45.8 Å². The number of halogens is 1. The number of nitrogens with zero attached hydrogens (tertiary/aromatic N) is 1. The summed E-state index contributed by atoms with van der Waals surface area (Å²) in [5, 5.41) is 9.35. The first-order valence-corrected chi connectivity index (χ1v) is 6.63. The van der Waals surface area contributed by atoms with Gasteiger partial charge >= 0.3 is 5.97 Å². The van der Waals surface area contributed by atoms with E-state index in [-0.39, 0.29) is 10.7 Å². The van der Waals surface area contributed by atoms with E-state index in [2.05, 4.69) is 15.9 Å². The standard InChI is InChI=1S/C13H14BrNO3/c1-8-2-4-9(5-3-8)12(13(17)18)15-7-10(14)6-11(15)16/h2-5,10,12H,6-7H2,1H3,(H,17,18). The molecule has 1 aromatic rings. The Morgan fingerprint density at radius 1 is 1.44 bits per heavy atom. The summed E-state index contributed by atoms with van der Waals surface area (Å²) in [5.41, 5.74) is 1.71. The van der Waals surface area contributed by atoms with Gasteiger partial charge in [0.25, 0.3) is 0 Å². The van der Waals surface area contributed by atoms with E-state index in [9.17, 15) is 14.7 Å². The predicted octanol–water partition coefficient (Wildman–Crippen LogP) is 2.12. The lowest BCUT2D eigenvalue weighted by molar-refractivity contribution is -0.148. The third-order valence-electron chi connectivity index (χ3n) is 3.05. The summed E-state index contributed by atoms with van der Waals surface area (Å²) >= 11 is 3.37. The maximum atomic E-state index is 11.8. The molecule has 1 amide bonds. The summed E-state index contributed by atoms with van der Waals surface area (Å²) in [6.45, 7) is 2.37. The maximum absolute atomic E-state index is 11.8. The van der Waals surface area contributed by atoms with Gasteiger partial charge in [-0.15, -0.1) is 0 Å². The largest absolute Gasteiger partial charge is 0.479 e. The Kier molecular flexibility index (Phi) is 3.71. The van der Waals surface area contributed by atoms with Crippen LogP contribution in [0.5, 0.6) is 0 Å². The van der Waals surface area contributed by atoms with Crippen LogP contribution in [0.1, 0.15) is 23.6 Å². The van der Waals surface area contributed by atoms with Crippen LogP contribution in [0.4, 0.5) is 0 Å². The van der Waals surface area contributed by atoms with Gasteiger partial charge in [-0.2, -0.15) is 0 Å². The summed E-state index contributed by atoms with van der Waals surface area (Å²) in [6, 6.07) is 6.36. The normalized spacial score (nSPS) is 21.1. The first-order chi connectivity index (χ1) is 8.49. The highest BCUT2D eigenvalue weighted by Crippen LogP contribution is 2.29. The quantitative estimate of drug-likeness (QED) is 0.870. The van der Waals surface area contributed by atoms with E-state index >= 15 is 0 Å². The molecule has 1 aromatic carbocycles. The minimum Gasteiger partial charge on any atom is -0.479 e. The molecule has 1 N–H and O–H groups in total. The van der Waals surface area contributed by atoms with Crippen LogP contribution in [0.25, 0.3) is 0 Å². The summed E-state index contributed by atoms with van der Waals surface area (Å²) in [5.74, 6) is -1.11. The number of likely N-dealkylation sites (tertiary alicyclic amines) is 1. The Labute approximate surface area is 114 Å². The van der Waals surface area contributed by atoms with E-state index in [0.29, 0.717) is 18.5 Å². The Balaban J connectivity index is 2.32. The zero-order chi connectivity index (χ0) is 13.3. The van der Waals surface area contributed by atoms with Crippen molar-refractivity contribution in [3.8, 4) is 0 Å². The Bertz CT molecular complexity index is 472. The first-order valence-electron chi connectivity index (χ1n) is 5.72. The number of alkyl halides is 1. The Morgan fingerprint density at radius 2 is 2.06 bits per heavy atom. The number of hydrogen-bond acceptors (Lipinski definition) is 2. The number of amides is 1. The van der Waals surface area contributed by atoms with Crippen molar-refractivity contribution in [2.75, 3.05) is 6.54 Å². The first kappa shape index (κ1) is 13.1. The monoisotopic (exact) mass is 311 g/mol. The lowest BCUT2D eigenvalue weighted by Gasteiger charge is -2.24. The average Bonchev–Trinajstić information content (AvgIpc) is 2.61. The highest BCUT2D eigenvalue weighted by molar-refractivity contribution is 9.09. The molecule has 1 fully saturated rings.